The van der Waals surface area contributed by atoms with Crippen molar-refractivity contribution in [3.8, 4) is 11.5 Å². The molecule has 0 aliphatic heterocycles. The van der Waals surface area contributed by atoms with Gasteiger partial charge in [-0.25, -0.2) is 0 Å². The Morgan fingerprint density at radius 2 is 1.76 bits per heavy atom. The summed E-state index contributed by atoms with van der Waals surface area (Å²) in [6.07, 6.45) is 0. The molecule has 0 aliphatic carbocycles. The Kier molecular flexibility index (Phi) is 3.98. The lowest BCUT2D eigenvalue weighted by Gasteiger charge is -2.09. The summed E-state index contributed by atoms with van der Waals surface area (Å²) in [4.78, 5) is 20.7. The summed E-state index contributed by atoms with van der Waals surface area (Å²) in [5.41, 5.74) is -0.0886. The fraction of sp³-hybridized carbons (Fsp3) is 0.0769. The maximum atomic E-state index is 11.1. The molecule has 8 heteroatoms. The van der Waals surface area contributed by atoms with E-state index in [9.17, 15) is 20.2 Å². The normalized spacial score (nSPS) is 9.95. The number of benzene rings is 2. The van der Waals surface area contributed by atoms with Gasteiger partial charge in [0.05, 0.1) is 15.9 Å². The van der Waals surface area contributed by atoms with Gasteiger partial charge in [-0.1, -0.05) is 12.1 Å². The molecule has 0 radical (unpaired) electrons. The monoisotopic (exact) mass is 289 g/mol. The van der Waals surface area contributed by atoms with E-state index in [1.807, 2.05) is 0 Å². The van der Waals surface area contributed by atoms with Gasteiger partial charge in [0.25, 0.3) is 5.69 Å². The van der Waals surface area contributed by atoms with Crippen LogP contribution in [-0.2, 0) is 0 Å². The minimum Gasteiger partial charge on any atom is -0.450 e. The molecular weight excluding hydrogens is 278 g/mol. The van der Waals surface area contributed by atoms with Crippen LogP contribution in [0.2, 0.25) is 0 Å². The van der Waals surface area contributed by atoms with E-state index in [2.05, 4.69) is 5.32 Å². The number of rotatable bonds is 5. The fourth-order valence-corrected chi connectivity index (χ4v) is 1.78. The van der Waals surface area contributed by atoms with Crippen molar-refractivity contribution in [2.45, 2.75) is 0 Å². The minimum absolute atomic E-state index is 0.00680. The third kappa shape index (κ3) is 3.06. The number of nitro groups is 2. The van der Waals surface area contributed by atoms with Gasteiger partial charge in [-0.05, 0) is 18.2 Å². The highest BCUT2D eigenvalue weighted by molar-refractivity contribution is 5.68. The minimum atomic E-state index is -0.571. The maximum Gasteiger partial charge on any atom is 0.334 e. The van der Waals surface area contributed by atoms with E-state index in [4.69, 9.17) is 4.74 Å². The second kappa shape index (κ2) is 5.87. The molecule has 0 aliphatic rings. The average molecular weight is 289 g/mol. The summed E-state index contributed by atoms with van der Waals surface area (Å²) in [7, 11) is 1.56. The van der Waals surface area contributed by atoms with Crippen molar-refractivity contribution in [3.63, 3.8) is 0 Å². The van der Waals surface area contributed by atoms with E-state index in [0.29, 0.717) is 5.69 Å². The van der Waals surface area contributed by atoms with Gasteiger partial charge in [0, 0.05) is 13.1 Å². The SMILES string of the molecule is CNc1cccc(Oc2cccc([N+](=O)[O-])c2)c1[N+](=O)[O-]. The molecule has 21 heavy (non-hydrogen) atoms. The highest BCUT2D eigenvalue weighted by Gasteiger charge is 2.21. The van der Waals surface area contributed by atoms with Gasteiger partial charge in [-0.2, -0.15) is 0 Å². The van der Waals surface area contributed by atoms with Gasteiger partial charge >= 0.3 is 5.69 Å². The van der Waals surface area contributed by atoms with Crippen LogP contribution in [0.5, 0.6) is 11.5 Å². The van der Waals surface area contributed by atoms with Crippen molar-refractivity contribution >= 4 is 17.1 Å². The van der Waals surface area contributed by atoms with E-state index in [1.54, 1.807) is 19.2 Å². The number of nitrogens with one attached hydrogen (secondary N) is 1. The second-order valence-corrected chi connectivity index (χ2v) is 4.02. The first-order valence-electron chi connectivity index (χ1n) is 5.90. The molecule has 0 aromatic heterocycles. The van der Waals surface area contributed by atoms with Crippen molar-refractivity contribution in [3.05, 3.63) is 62.7 Å². The predicted molar refractivity (Wildman–Crippen MR) is 75.8 cm³/mol. The maximum absolute atomic E-state index is 11.1. The molecule has 0 heterocycles. The van der Waals surface area contributed by atoms with Crippen molar-refractivity contribution < 1.29 is 14.6 Å². The molecule has 8 nitrogen and oxygen atoms in total. The zero-order valence-corrected chi connectivity index (χ0v) is 11.0. The summed E-state index contributed by atoms with van der Waals surface area (Å²) in [6.45, 7) is 0. The van der Waals surface area contributed by atoms with Gasteiger partial charge in [0.15, 0.2) is 0 Å². The quantitative estimate of drug-likeness (QED) is 0.668. The summed E-state index contributed by atoms with van der Waals surface area (Å²) in [6, 6.07) is 10.0. The van der Waals surface area contributed by atoms with Crippen LogP contribution < -0.4 is 10.1 Å². The second-order valence-electron chi connectivity index (χ2n) is 4.02. The van der Waals surface area contributed by atoms with Crippen molar-refractivity contribution in [1.29, 1.82) is 0 Å². The highest BCUT2D eigenvalue weighted by atomic mass is 16.6. The number of nitro benzene ring substituents is 2. The van der Waals surface area contributed by atoms with Crippen LogP contribution in [0, 0.1) is 20.2 Å². The highest BCUT2D eigenvalue weighted by Crippen LogP contribution is 2.37. The Morgan fingerprint density at radius 3 is 2.38 bits per heavy atom. The molecule has 2 aromatic rings. The summed E-state index contributed by atoms with van der Waals surface area (Å²) in [5, 5.41) is 24.6. The van der Waals surface area contributed by atoms with Crippen molar-refractivity contribution in [1.82, 2.24) is 0 Å². The molecule has 0 saturated carbocycles. The molecule has 2 aromatic carbocycles. The molecule has 0 spiro atoms. The molecule has 0 atom stereocenters. The fourth-order valence-electron chi connectivity index (χ4n) is 1.78. The van der Waals surface area contributed by atoms with Gasteiger partial charge in [-0.15, -0.1) is 0 Å². The number of para-hydroxylation sites is 1. The van der Waals surface area contributed by atoms with E-state index in [-0.39, 0.29) is 22.9 Å². The van der Waals surface area contributed by atoms with Crippen molar-refractivity contribution in [2.75, 3.05) is 12.4 Å². The van der Waals surface area contributed by atoms with Gasteiger partial charge in [0.2, 0.25) is 5.75 Å². The number of ether oxygens (including phenoxy) is 1. The van der Waals surface area contributed by atoms with Gasteiger partial charge < -0.3 is 10.1 Å². The van der Waals surface area contributed by atoms with Crippen LogP contribution in [0.25, 0.3) is 0 Å². The van der Waals surface area contributed by atoms with Crippen LogP contribution in [0.4, 0.5) is 17.1 Å². The number of hydrogen-bond acceptors (Lipinski definition) is 6. The number of anilines is 1. The lowest BCUT2D eigenvalue weighted by atomic mass is 10.2. The summed E-state index contributed by atoms with van der Waals surface area (Å²) < 4.78 is 5.42. The van der Waals surface area contributed by atoms with Crippen LogP contribution >= 0.6 is 0 Å². The van der Waals surface area contributed by atoms with E-state index < -0.39 is 9.85 Å². The first-order chi connectivity index (χ1) is 10.0. The Bertz CT molecular complexity index is 702. The van der Waals surface area contributed by atoms with E-state index in [1.165, 1.54) is 30.3 Å². The lowest BCUT2D eigenvalue weighted by molar-refractivity contribution is -0.385. The number of nitrogens with zero attached hydrogens (tertiary/aromatic N) is 2. The molecule has 108 valence electrons. The standard InChI is InChI=1S/C13H11N3O5/c1-14-11-6-3-7-12(13(11)16(19)20)21-10-5-2-4-9(8-10)15(17)18/h2-8,14H,1H3. The third-order valence-corrected chi connectivity index (χ3v) is 2.71. The molecule has 0 unspecified atom stereocenters. The lowest BCUT2D eigenvalue weighted by Crippen LogP contribution is -1.99. The van der Waals surface area contributed by atoms with Gasteiger partial charge in [0.1, 0.15) is 11.4 Å². The first-order valence-corrected chi connectivity index (χ1v) is 5.90. The largest absolute Gasteiger partial charge is 0.450 e. The topological polar surface area (TPSA) is 108 Å². The molecule has 0 saturated heterocycles. The van der Waals surface area contributed by atoms with E-state index >= 15 is 0 Å². The van der Waals surface area contributed by atoms with Crippen LogP contribution in [-0.4, -0.2) is 16.9 Å². The molecule has 2 rings (SSSR count). The average Bonchev–Trinajstić information content (AvgIpc) is 2.46. The Labute approximate surface area is 119 Å². The smallest absolute Gasteiger partial charge is 0.334 e. The third-order valence-electron chi connectivity index (χ3n) is 2.71. The van der Waals surface area contributed by atoms with Gasteiger partial charge in [-0.3, -0.25) is 20.2 Å². The van der Waals surface area contributed by atoms with Crippen LogP contribution in [0.15, 0.2) is 42.5 Å². The zero-order chi connectivity index (χ0) is 15.4. The number of non-ortho nitro benzene ring substituents is 1. The van der Waals surface area contributed by atoms with Crippen LogP contribution in [0.3, 0.4) is 0 Å². The zero-order valence-electron chi connectivity index (χ0n) is 11.0. The molecule has 0 fully saturated rings. The van der Waals surface area contributed by atoms with Crippen molar-refractivity contribution in [2.24, 2.45) is 0 Å². The summed E-state index contributed by atoms with van der Waals surface area (Å²) >= 11 is 0. The molecule has 0 amide bonds. The molecule has 0 bridgehead atoms. The molecular formula is C13H11N3O5. The summed E-state index contributed by atoms with van der Waals surface area (Å²) in [5.74, 6) is 0.160. The van der Waals surface area contributed by atoms with E-state index in [0.717, 1.165) is 0 Å². The Balaban J connectivity index is 2.42. The first kappa shape index (κ1) is 14.3. The molecule has 1 N–H and O–H groups in total. The number of hydrogen-bond donors (Lipinski definition) is 1. The Hall–Kier alpha value is -3.16. The Morgan fingerprint density at radius 1 is 1.05 bits per heavy atom. The predicted octanol–water partition coefficient (Wildman–Crippen LogP) is 3.34. The van der Waals surface area contributed by atoms with Crippen LogP contribution in [0.1, 0.15) is 0 Å².